The molecule has 4 nitrogen and oxygen atoms in total. The van der Waals surface area contributed by atoms with Gasteiger partial charge in [-0.05, 0) is 19.3 Å². The van der Waals surface area contributed by atoms with Crippen molar-refractivity contribution >= 4 is 11.9 Å². The number of amides is 1. The maximum absolute atomic E-state index is 12.1. The average molecular weight is 271 g/mol. The highest BCUT2D eigenvalue weighted by Gasteiger charge is 2.23. The van der Waals surface area contributed by atoms with E-state index in [0.29, 0.717) is 6.42 Å². The predicted molar refractivity (Wildman–Crippen MR) is 77.0 cm³/mol. The van der Waals surface area contributed by atoms with Crippen LogP contribution in [0.3, 0.4) is 0 Å². The van der Waals surface area contributed by atoms with Crippen molar-refractivity contribution in [3.63, 3.8) is 0 Å². The third kappa shape index (κ3) is 7.85. The summed E-state index contributed by atoms with van der Waals surface area (Å²) in [7, 11) is 0. The zero-order valence-corrected chi connectivity index (χ0v) is 12.6. The number of unbranched alkanes of at least 4 members (excludes halogenated alkanes) is 3. The molecule has 0 fully saturated rings. The van der Waals surface area contributed by atoms with E-state index < -0.39 is 12.0 Å². The fourth-order valence-electron chi connectivity index (χ4n) is 2.13. The first-order valence-electron chi connectivity index (χ1n) is 7.59. The Bertz CT molecular complexity index is 266. The summed E-state index contributed by atoms with van der Waals surface area (Å²) >= 11 is 0. The third-order valence-electron chi connectivity index (χ3n) is 3.46. The number of carbonyl (C=O) groups is 2. The highest BCUT2D eigenvalue weighted by Crippen LogP contribution is 2.17. The van der Waals surface area contributed by atoms with E-state index in [1.54, 1.807) is 6.92 Å². The zero-order valence-electron chi connectivity index (χ0n) is 12.6. The summed E-state index contributed by atoms with van der Waals surface area (Å²) in [6, 6.07) is -0.747. The molecule has 0 aromatic rings. The van der Waals surface area contributed by atoms with Gasteiger partial charge in [-0.1, -0.05) is 52.9 Å². The minimum absolute atomic E-state index is 0.0279. The van der Waals surface area contributed by atoms with Gasteiger partial charge in [-0.3, -0.25) is 4.79 Å². The van der Waals surface area contributed by atoms with Crippen molar-refractivity contribution in [3.05, 3.63) is 0 Å². The zero-order chi connectivity index (χ0) is 14.7. The van der Waals surface area contributed by atoms with Crippen LogP contribution in [0.2, 0.25) is 0 Å². The molecule has 0 rings (SSSR count). The van der Waals surface area contributed by atoms with E-state index in [0.717, 1.165) is 44.9 Å². The molecule has 0 aromatic carbocycles. The normalized spacial score (nSPS) is 13.8. The second-order valence-corrected chi connectivity index (χ2v) is 5.14. The molecule has 19 heavy (non-hydrogen) atoms. The van der Waals surface area contributed by atoms with Gasteiger partial charge in [-0.15, -0.1) is 0 Å². The molecule has 0 saturated heterocycles. The summed E-state index contributed by atoms with van der Waals surface area (Å²) in [5.41, 5.74) is 0. The molecule has 1 amide bonds. The molecule has 0 unspecified atom stereocenters. The van der Waals surface area contributed by atoms with Gasteiger partial charge in [0.2, 0.25) is 5.91 Å². The van der Waals surface area contributed by atoms with E-state index in [2.05, 4.69) is 19.2 Å². The molecule has 0 spiro atoms. The predicted octanol–water partition coefficient (Wildman–Crippen LogP) is 3.35. The SMILES string of the molecule is CCCCC[C@H](CCCC)C(=O)N[C@@H](CC)C(=O)O. The topological polar surface area (TPSA) is 66.4 Å². The van der Waals surface area contributed by atoms with Gasteiger partial charge in [0.05, 0.1) is 0 Å². The van der Waals surface area contributed by atoms with Crippen LogP contribution in [0.4, 0.5) is 0 Å². The summed E-state index contributed by atoms with van der Waals surface area (Å²) in [6.45, 7) is 6.02. The summed E-state index contributed by atoms with van der Waals surface area (Å²) in [5, 5.41) is 11.6. The van der Waals surface area contributed by atoms with Crippen molar-refractivity contribution in [2.75, 3.05) is 0 Å². The summed E-state index contributed by atoms with van der Waals surface area (Å²) in [6.07, 6.45) is 7.55. The molecule has 2 atom stereocenters. The Morgan fingerprint density at radius 3 is 2.05 bits per heavy atom. The Morgan fingerprint density at radius 2 is 1.58 bits per heavy atom. The molecule has 0 heterocycles. The molecular weight excluding hydrogens is 242 g/mol. The van der Waals surface area contributed by atoms with Gasteiger partial charge in [0.15, 0.2) is 0 Å². The van der Waals surface area contributed by atoms with E-state index in [1.807, 2.05) is 0 Å². The third-order valence-corrected chi connectivity index (χ3v) is 3.46. The lowest BCUT2D eigenvalue weighted by atomic mass is 9.94. The molecule has 2 N–H and O–H groups in total. The molecule has 4 heteroatoms. The van der Waals surface area contributed by atoms with Crippen LogP contribution in [0.15, 0.2) is 0 Å². The lowest BCUT2D eigenvalue weighted by Crippen LogP contribution is -2.43. The van der Waals surface area contributed by atoms with E-state index in [-0.39, 0.29) is 11.8 Å². The minimum Gasteiger partial charge on any atom is -0.480 e. The fourth-order valence-corrected chi connectivity index (χ4v) is 2.13. The maximum Gasteiger partial charge on any atom is 0.326 e. The van der Waals surface area contributed by atoms with Gasteiger partial charge in [0, 0.05) is 5.92 Å². The Labute approximate surface area is 117 Å². The summed E-state index contributed by atoms with van der Waals surface area (Å²) in [4.78, 5) is 23.1. The van der Waals surface area contributed by atoms with E-state index in [1.165, 1.54) is 0 Å². The van der Waals surface area contributed by atoms with Crippen molar-refractivity contribution in [2.45, 2.75) is 78.2 Å². The standard InChI is InChI=1S/C15H29NO3/c1-4-7-9-11-12(10-8-5-2)14(17)16-13(6-3)15(18)19/h12-13H,4-11H2,1-3H3,(H,16,17)(H,18,19)/t12-,13-/m0/s1. The number of nitrogens with one attached hydrogen (secondary N) is 1. The van der Waals surface area contributed by atoms with Crippen molar-refractivity contribution in [1.29, 1.82) is 0 Å². The monoisotopic (exact) mass is 271 g/mol. The summed E-state index contributed by atoms with van der Waals surface area (Å²) < 4.78 is 0. The lowest BCUT2D eigenvalue weighted by Gasteiger charge is -2.19. The first-order chi connectivity index (χ1) is 9.06. The Balaban J connectivity index is 4.37. The highest BCUT2D eigenvalue weighted by molar-refractivity contribution is 5.84. The van der Waals surface area contributed by atoms with Crippen LogP contribution >= 0.6 is 0 Å². The Morgan fingerprint density at radius 1 is 1.00 bits per heavy atom. The van der Waals surface area contributed by atoms with Gasteiger partial charge in [-0.2, -0.15) is 0 Å². The van der Waals surface area contributed by atoms with Crippen LogP contribution in [0.5, 0.6) is 0 Å². The van der Waals surface area contributed by atoms with Crippen LogP contribution in [0.1, 0.15) is 72.1 Å². The van der Waals surface area contributed by atoms with Crippen LogP contribution < -0.4 is 5.32 Å². The number of carboxylic acids is 1. The van der Waals surface area contributed by atoms with E-state index >= 15 is 0 Å². The van der Waals surface area contributed by atoms with Gasteiger partial charge >= 0.3 is 5.97 Å². The van der Waals surface area contributed by atoms with Gasteiger partial charge in [0.1, 0.15) is 6.04 Å². The summed E-state index contributed by atoms with van der Waals surface area (Å²) in [5.74, 6) is -1.06. The Kier molecular flexibility index (Phi) is 10.2. The molecule has 0 saturated carbocycles. The second kappa shape index (κ2) is 10.8. The van der Waals surface area contributed by atoms with Crippen molar-refractivity contribution in [2.24, 2.45) is 5.92 Å². The first-order valence-corrected chi connectivity index (χ1v) is 7.59. The Hall–Kier alpha value is -1.06. The van der Waals surface area contributed by atoms with E-state index in [4.69, 9.17) is 5.11 Å². The van der Waals surface area contributed by atoms with Crippen molar-refractivity contribution in [1.82, 2.24) is 5.32 Å². The molecule has 0 aliphatic rings. The number of carbonyl (C=O) groups excluding carboxylic acids is 1. The molecule has 0 aromatic heterocycles. The number of hydrogen-bond donors (Lipinski definition) is 2. The van der Waals surface area contributed by atoms with Gasteiger partial charge < -0.3 is 10.4 Å². The largest absolute Gasteiger partial charge is 0.480 e. The van der Waals surface area contributed by atoms with Crippen LogP contribution in [0, 0.1) is 5.92 Å². The molecule has 0 bridgehead atoms. The average Bonchev–Trinajstić information content (AvgIpc) is 2.39. The highest BCUT2D eigenvalue weighted by atomic mass is 16.4. The number of hydrogen-bond acceptors (Lipinski definition) is 2. The van der Waals surface area contributed by atoms with Gasteiger partial charge in [-0.25, -0.2) is 4.79 Å². The maximum atomic E-state index is 12.1. The molecule has 0 radical (unpaired) electrons. The minimum atomic E-state index is -0.946. The van der Waals surface area contributed by atoms with Crippen LogP contribution in [0.25, 0.3) is 0 Å². The number of rotatable bonds is 11. The second-order valence-electron chi connectivity index (χ2n) is 5.14. The lowest BCUT2D eigenvalue weighted by molar-refractivity contribution is -0.142. The smallest absolute Gasteiger partial charge is 0.326 e. The van der Waals surface area contributed by atoms with Crippen molar-refractivity contribution < 1.29 is 14.7 Å². The quantitative estimate of drug-likeness (QED) is 0.566. The van der Waals surface area contributed by atoms with E-state index in [9.17, 15) is 9.59 Å². The van der Waals surface area contributed by atoms with Crippen LogP contribution in [-0.4, -0.2) is 23.0 Å². The van der Waals surface area contributed by atoms with Crippen LogP contribution in [-0.2, 0) is 9.59 Å². The first kappa shape index (κ1) is 17.9. The van der Waals surface area contributed by atoms with Gasteiger partial charge in [0.25, 0.3) is 0 Å². The molecular formula is C15H29NO3. The number of carboxylic acid groups (broad SMARTS) is 1. The fraction of sp³-hybridized carbons (Fsp3) is 0.867. The molecule has 0 aliphatic carbocycles. The molecule has 0 aliphatic heterocycles. The number of aliphatic carboxylic acids is 1. The van der Waals surface area contributed by atoms with Crippen molar-refractivity contribution in [3.8, 4) is 0 Å². The molecule has 112 valence electrons.